The predicted octanol–water partition coefficient (Wildman–Crippen LogP) is 3.63. The van der Waals surface area contributed by atoms with Gasteiger partial charge in [0.1, 0.15) is 5.75 Å². The highest BCUT2D eigenvalue weighted by atomic mass is 16.5. The Morgan fingerprint density at radius 1 is 1.11 bits per heavy atom. The van der Waals surface area contributed by atoms with Crippen LogP contribution in [0.2, 0.25) is 0 Å². The summed E-state index contributed by atoms with van der Waals surface area (Å²) in [7, 11) is 0. The van der Waals surface area contributed by atoms with Gasteiger partial charge in [0.15, 0.2) is 0 Å². The summed E-state index contributed by atoms with van der Waals surface area (Å²) in [5, 5.41) is 7.23. The summed E-state index contributed by atoms with van der Waals surface area (Å²) < 4.78 is 7.64. The summed E-state index contributed by atoms with van der Waals surface area (Å²) >= 11 is 0. The minimum absolute atomic E-state index is 0.0193. The minimum atomic E-state index is -0.0193. The van der Waals surface area contributed by atoms with Gasteiger partial charge in [-0.05, 0) is 48.2 Å². The first-order valence-corrected chi connectivity index (χ1v) is 9.13. The highest BCUT2D eigenvalue weighted by Crippen LogP contribution is 2.19. The van der Waals surface area contributed by atoms with Gasteiger partial charge in [0.2, 0.25) is 5.91 Å². The van der Waals surface area contributed by atoms with Crippen molar-refractivity contribution in [2.24, 2.45) is 0 Å². The van der Waals surface area contributed by atoms with E-state index in [2.05, 4.69) is 22.5 Å². The molecule has 1 aromatic heterocycles. The van der Waals surface area contributed by atoms with Gasteiger partial charge in [0.25, 0.3) is 0 Å². The van der Waals surface area contributed by atoms with Gasteiger partial charge in [-0.2, -0.15) is 5.10 Å². The van der Waals surface area contributed by atoms with Crippen molar-refractivity contribution in [3.8, 4) is 5.75 Å². The molecule has 0 spiro atoms. The van der Waals surface area contributed by atoms with E-state index >= 15 is 0 Å². The van der Waals surface area contributed by atoms with Crippen molar-refractivity contribution in [1.82, 2.24) is 15.1 Å². The van der Waals surface area contributed by atoms with E-state index in [4.69, 9.17) is 4.74 Å². The van der Waals surface area contributed by atoms with Crippen LogP contribution in [0.1, 0.15) is 28.7 Å². The van der Waals surface area contributed by atoms with E-state index in [0.29, 0.717) is 26.1 Å². The van der Waals surface area contributed by atoms with Gasteiger partial charge in [-0.15, -0.1) is 0 Å². The topological polar surface area (TPSA) is 56.1 Å². The molecule has 3 rings (SSSR count). The van der Waals surface area contributed by atoms with Crippen molar-refractivity contribution >= 4 is 5.91 Å². The van der Waals surface area contributed by atoms with Gasteiger partial charge in [0, 0.05) is 18.9 Å². The molecule has 0 radical (unpaired) electrons. The Morgan fingerprint density at radius 2 is 1.93 bits per heavy atom. The number of carbonyl (C=O) groups is 1. The standard InChI is InChI=1S/C22H25N3O2/c1-17-8-9-18(2)21(14-17)27-13-10-22(26)23-15-19-6-3-4-7-20(19)16-25-12-5-11-24-25/h3-9,11-12,14H,10,13,15-16H2,1-2H3,(H,23,26). The van der Waals surface area contributed by atoms with Crippen molar-refractivity contribution in [2.75, 3.05) is 6.61 Å². The van der Waals surface area contributed by atoms with E-state index < -0.39 is 0 Å². The summed E-state index contributed by atoms with van der Waals surface area (Å²) in [5.74, 6) is 0.821. The zero-order chi connectivity index (χ0) is 19.1. The van der Waals surface area contributed by atoms with Crippen LogP contribution >= 0.6 is 0 Å². The molecule has 1 heterocycles. The molecule has 3 aromatic rings. The number of hydrogen-bond donors (Lipinski definition) is 1. The van der Waals surface area contributed by atoms with Crippen LogP contribution in [-0.4, -0.2) is 22.3 Å². The molecule has 5 heteroatoms. The fourth-order valence-electron chi connectivity index (χ4n) is 2.85. The van der Waals surface area contributed by atoms with Gasteiger partial charge < -0.3 is 10.1 Å². The minimum Gasteiger partial charge on any atom is -0.493 e. The lowest BCUT2D eigenvalue weighted by Crippen LogP contribution is -2.25. The number of benzene rings is 2. The summed E-state index contributed by atoms with van der Waals surface area (Å²) in [6, 6.07) is 16.1. The van der Waals surface area contributed by atoms with Crippen molar-refractivity contribution < 1.29 is 9.53 Å². The zero-order valence-corrected chi connectivity index (χ0v) is 15.8. The van der Waals surface area contributed by atoms with Crippen LogP contribution < -0.4 is 10.1 Å². The van der Waals surface area contributed by atoms with Gasteiger partial charge in [-0.1, -0.05) is 36.4 Å². The molecule has 0 bridgehead atoms. The molecule has 27 heavy (non-hydrogen) atoms. The van der Waals surface area contributed by atoms with E-state index in [0.717, 1.165) is 28.0 Å². The van der Waals surface area contributed by atoms with Crippen LogP contribution in [0.25, 0.3) is 0 Å². The smallest absolute Gasteiger partial charge is 0.223 e. The third-order valence-corrected chi connectivity index (χ3v) is 4.42. The van der Waals surface area contributed by atoms with Crippen LogP contribution in [0.15, 0.2) is 60.9 Å². The number of hydrogen-bond acceptors (Lipinski definition) is 3. The fraction of sp³-hybridized carbons (Fsp3) is 0.273. The van der Waals surface area contributed by atoms with Crippen LogP contribution in [0, 0.1) is 13.8 Å². The van der Waals surface area contributed by atoms with Gasteiger partial charge in [0.05, 0.1) is 19.6 Å². The number of rotatable bonds is 8. The lowest BCUT2D eigenvalue weighted by atomic mass is 10.1. The van der Waals surface area contributed by atoms with E-state index in [1.165, 1.54) is 0 Å². The number of nitrogens with one attached hydrogen (secondary N) is 1. The predicted molar refractivity (Wildman–Crippen MR) is 106 cm³/mol. The quantitative estimate of drug-likeness (QED) is 0.665. The van der Waals surface area contributed by atoms with Crippen molar-refractivity contribution in [1.29, 1.82) is 0 Å². The highest BCUT2D eigenvalue weighted by molar-refractivity contribution is 5.76. The second-order valence-corrected chi connectivity index (χ2v) is 6.62. The van der Waals surface area contributed by atoms with Crippen LogP contribution in [0.3, 0.4) is 0 Å². The normalized spacial score (nSPS) is 10.6. The Morgan fingerprint density at radius 3 is 2.70 bits per heavy atom. The Hall–Kier alpha value is -3.08. The molecule has 1 N–H and O–H groups in total. The first-order valence-electron chi connectivity index (χ1n) is 9.13. The summed E-state index contributed by atoms with van der Waals surface area (Å²) in [4.78, 5) is 12.2. The molecule has 0 aliphatic rings. The Balaban J connectivity index is 1.49. The van der Waals surface area contributed by atoms with E-state index in [1.807, 2.05) is 61.1 Å². The molecule has 0 aliphatic heterocycles. The van der Waals surface area contributed by atoms with Gasteiger partial charge in [-0.25, -0.2) is 0 Å². The summed E-state index contributed by atoms with van der Waals surface area (Å²) in [6.45, 7) is 5.59. The van der Waals surface area contributed by atoms with Gasteiger partial charge in [-0.3, -0.25) is 9.48 Å². The number of aryl methyl sites for hydroxylation is 2. The SMILES string of the molecule is Cc1ccc(C)c(OCCC(=O)NCc2ccccc2Cn2cccn2)c1. The Kier molecular flexibility index (Phi) is 6.26. The van der Waals surface area contributed by atoms with Gasteiger partial charge >= 0.3 is 0 Å². The maximum absolute atomic E-state index is 12.2. The Bertz CT molecular complexity index is 888. The third-order valence-electron chi connectivity index (χ3n) is 4.42. The Labute approximate surface area is 160 Å². The molecule has 140 valence electrons. The maximum atomic E-state index is 12.2. The number of amides is 1. The molecular weight excluding hydrogens is 338 g/mol. The molecule has 1 amide bonds. The largest absolute Gasteiger partial charge is 0.493 e. The number of nitrogens with zero attached hydrogens (tertiary/aromatic N) is 2. The number of ether oxygens (including phenoxy) is 1. The van der Waals surface area contributed by atoms with E-state index in [9.17, 15) is 4.79 Å². The lowest BCUT2D eigenvalue weighted by Gasteiger charge is -2.12. The molecule has 0 unspecified atom stereocenters. The van der Waals surface area contributed by atoms with Crippen molar-refractivity contribution in [2.45, 2.75) is 33.4 Å². The second-order valence-electron chi connectivity index (χ2n) is 6.62. The molecule has 0 saturated carbocycles. The molecule has 2 aromatic carbocycles. The maximum Gasteiger partial charge on any atom is 0.223 e. The lowest BCUT2D eigenvalue weighted by molar-refractivity contribution is -0.121. The van der Waals surface area contributed by atoms with Crippen molar-refractivity contribution in [3.05, 3.63) is 83.2 Å². The molecule has 0 atom stereocenters. The molecule has 0 aliphatic carbocycles. The second kappa shape index (κ2) is 9.03. The third kappa shape index (κ3) is 5.45. The molecule has 5 nitrogen and oxygen atoms in total. The fourth-order valence-corrected chi connectivity index (χ4v) is 2.85. The number of carbonyl (C=O) groups excluding carboxylic acids is 1. The summed E-state index contributed by atoms with van der Waals surface area (Å²) in [5.41, 5.74) is 4.47. The van der Waals surface area contributed by atoms with E-state index in [1.54, 1.807) is 6.20 Å². The van der Waals surface area contributed by atoms with E-state index in [-0.39, 0.29) is 5.91 Å². The number of aromatic nitrogens is 2. The monoisotopic (exact) mass is 363 g/mol. The summed E-state index contributed by atoms with van der Waals surface area (Å²) in [6.07, 6.45) is 4.02. The molecular formula is C22H25N3O2. The van der Waals surface area contributed by atoms with Crippen LogP contribution in [0.4, 0.5) is 0 Å². The highest BCUT2D eigenvalue weighted by Gasteiger charge is 2.07. The zero-order valence-electron chi connectivity index (χ0n) is 15.8. The van der Waals surface area contributed by atoms with Crippen LogP contribution in [-0.2, 0) is 17.9 Å². The first-order chi connectivity index (χ1) is 13.1. The van der Waals surface area contributed by atoms with Crippen molar-refractivity contribution in [3.63, 3.8) is 0 Å². The van der Waals surface area contributed by atoms with Crippen LogP contribution in [0.5, 0.6) is 5.75 Å². The molecule has 0 saturated heterocycles. The average Bonchev–Trinajstić information content (AvgIpc) is 3.17. The molecule has 0 fully saturated rings. The first kappa shape index (κ1) is 18.7. The average molecular weight is 363 g/mol.